The first-order valence-corrected chi connectivity index (χ1v) is 15.9. The van der Waals surface area contributed by atoms with Crippen LogP contribution in [0.3, 0.4) is 0 Å². The van der Waals surface area contributed by atoms with E-state index in [1.807, 2.05) is 0 Å². The van der Waals surface area contributed by atoms with Crippen LogP contribution in [0.5, 0.6) is 0 Å². The third-order valence-corrected chi connectivity index (χ3v) is 7.17. The van der Waals surface area contributed by atoms with E-state index in [1.165, 1.54) is 154 Å². The Balaban J connectivity index is 3.13. The average molecular weight is 483 g/mol. The van der Waals surface area contributed by atoms with Crippen LogP contribution in [0.1, 0.15) is 168 Å². The molecule has 0 amide bonds. The van der Waals surface area contributed by atoms with Crippen molar-refractivity contribution in [3.8, 4) is 0 Å². The van der Waals surface area contributed by atoms with E-state index in [0.717, 1.165) is 26.2 Å². The van der Waals surface area contributed by atoms with Crippen LogP contribution >= 0.6 is 0 Å². The minimum absolute atomic E-state index is 0.255. The van der Waals surface area contributed by atoms with Gasteiger partial charge in [0.05, 0.1) is 6.10 Å². The van der Waals surface area contributed by atoms with E-state index in [1.54, 1.807) is 0 Å². The number of hydrogen-bond donors (Lipinski definition) is 3. The van der Waals surface area contributed by atoms with Gasteiger partial charge < -0.3 is 15.7 Å². The molecule has 0 heterocycles. The van der Waals surface area contributed by atoms with Crippen molar-refractivity contribution in [1.29, 1.82) is 0 Å². The van der Waals surface area contributed by atoms with E-state index < -0.39 is 0 Å². The number of hydrogen-bond acceptors (Lipinski definition) is 3. The first-order valence-electron chi connectivity index (χ1n) is 15.9. The molecule has 0 aliphatic heterocycles. The second-order valence-electron chi connectivity index (χ2n) is 10.8. The molecule has 0 aromatic rings. The molecule has 34 heavy (non-hydrogen) atoms. The zero-order chi connectivity index (χ0) is 24.8. The van der Waals surface area contributed by atoms with E-state index in [2.05, 4.69) is 24.5 Å². The largest absolute Gasteiger partial charge is 0.390 e. The molecule has 0 aliphatic rings. The van der Waals surface area contributed by atoms with Crippen molar-refractivity contribution >= 4 is 0 Å². The molecule has 0 aromatic heterocycles. The zero-order valence-electron chi connectivity index (χ0n) is 23.8. The number of rotatable bonds is 30. The van der Waals surface area contributed by atoms with E-state index in [4.69, 9.17) is 0 Å². The number of unbranched alkanes of at least 4 members (excludes halogenated alkanes) is 22. The van der Waals surface area contributed by atoms with Gasteiger partial charge in [-0.05, 0) is 25.9 Å². The molecule has 0 aromatic carbocycles. The van der Waals surface area contributed by atoms with E-state index in [9.17, 15) is 5.11 Å². The predicted molar refractivity (Wildman–Crippen MR) is 154 cm³/mol. The zero-order valence-corrected chi connectivity index (χ0v) is 23.8. The Kier molecular flexibility index (Phi) is 30.8. The maximum Gasteiger partial charge on any atom is 0.0788 e. The molecule has 0 saturated carbocycles. The van der Waals surface area contributed by atoms with E-state index in [-0.39, 0.29) is 6.10 Å². The third kappa shape index (κ3) is 29.9. The summed E-state index contributed by atoms with van der Waals surface area (Å²) in [5.41, 5.74) is 0. The van der Waals surface area contributed by atoms with Crippen LogP contribution in [-0.2, 0) is 0 Å². The fourth-order valence-electron chi connectivity index (χ4n) is 4.79. The summed E-state index contributed by atoms with van der Waals surface area (Å²) in [6.45, 7) is 8.13. The second-order valence-corrected chi connectivity index (χ2v) is 10.8. The second kappa shape index (κ2) is 30.9. The Morgan fingerprint density at radius 3 is 0.882 bits per heavy atom. The summed E-state index contributed by atoms with van der Waals surface area (Å²) in [4.78, 5) is 0. The molecule has 3 nitrogen and oxygen atoms in total. The van der Waals surface area contributed by atoms with Gasteiger partial charge in [0.25, 0.3) is 0 Å². The van der Waals surface area contributed by atoms with Crippen LogP contribution in [0.4, 0.5) is 0 Å². The summed E-state index contributed by atoms with van der Waals surface area (Å²) in [6, 6.07) is 0. The number of aliphatic hydroxyl groups is 1. The minimum atomic E-state index is -0.255. The molecular formula is C31H66N2O. The lowest BCUT2D eigenvalue weighted by molar-refractivity contribution is 0.168. The molecule has 0 fully saturated rings. The van der Waals surface area contributed by atoms with Gasteiger partial charge in [0, 0.05) is 13.1 Å². The van der Waals surface area contributed by atoms with Gasteiger partial charge in [-0.3, -0.25) is 0 Å². The van der Waals surface area contributed by atoms with Crippen LogP contribution < -0.4 is 10.6 Å². The Hall–Kier alpha value is -0.120. The first kappa shape index (κ1) is 33.9. The Bertz CT molecular complexity index is 318. The number of aliphatic hydroxyl groups excluding tert-OH is 1. The smallest absolute Gasteiger partial charge is 0.0788 e. The molecule has 0 atom stereocenters. The molecule has 0 unspecified atom stereocenters. The molecule has 3 N–H and O–H groups in total. The molecule has 0 bridgehead atoms. The van der Waals surface area contributed by atoms with Gasteiger partial charge in [-0.25, -0.2) is 0 Å². The SMILES string of the molecule is CCCCCCCCCCCCCCNCC(O)CNCCCCCCCCCCCCCC. The van der Waals surface area contributed by atoms with Crippen LogP contribution in [0, 0.1) is 0 Å². The van der Waals surface area contributed by atoms with E-state index >= 15 is 0 Å². The summed E-state index contributed by atoms with van der Waals surface area (Å²) in [7, 11) is 0. The van der Waals surface area contributed by atoms with E-state index in [0.29, 0.717) is 0 Å². The van der Waals surface area contributed by atoms with Gasteiger partial charge in [-0.1, -0.05) is 155 Å². The molecule has 206 valence electrons. The predicted octanol–water partition coefficient (Wildman–Crippen LogP) is 8.93. The molecular weight excluding hydrogens is 416 g/mol. The standard InChI is InChI=1S/C31H66N2O/c1-3-5-7-9-11-13-15-17-19-21-23-25-27-32-29-31(34)30-33-28-26-24-22-20-18-16-14-12-10-8-6-4-2/h31-34H,3-30H2,1-2H3. The van der Waals surface area contributed by atoms with Crippen LogP contribution in [0.25, 0.3) is 0 Å². The van der Waals surface area contributed by atoms with Crippen molar-refractivity contribution < 1.29 is 5.11 Å². The van der Waals surface area contributed by atoms with Gasteiger partial charge in [0.1, 0.15) is 0 Å². The summed E-state index contributed by atoms with van der Waals surface area (Å²) < 4.78 is 0. The summed E-state index contributed by atoms with van der Waals surface area (Å²) >= 11 is 0. The van der Waals surface area contributed by atoms with Crippen molar-refractivity contribution in [1.82, 2.24) is 10.6 Å². The van der Waals surface area contributed by atoms with Gasteiger partial charge >= 0.3 is 0 Å². The Morgan fingerprint density at radius 1 is 0.382 bits per heavy atom. The van der Waals surface area contributed by atoms with Crippen LogP contribution in [-0.4, -0.2) is 37.4 Å². The topological polar surface area (TPSA) is 44.3 Å². The van der Waals surface area contributed by atoms with Crippen LogP contribution in [0.2, 0.25) is 0 Å². The normalized spacial score (nSPS) is 11.6. The van der Waals surface area contributed by atoms with Gasteiger partial charge in [-0.15, -0.1) is 0 Å². The molecule has 0 radical (unpaired) electrons. The Labute approximate surface area is 216 Å². The monoisotopic (exact) mass is 483 g/mol. The maximum absolute atomic E-state index is 10.1. The van der Waals surface area contributed by atoms with Gasteiger partial charge in [0.2, 0.25) is 0 Å². The minimum Gasteiger partial charge on any atom is -0.390 e. The number of nitrogens with one attached hydrogen (secondary N) is 2. The molecule has 0 rings (SSSR count). The highest BCUT2D eigenvalue weighted by Gasteiger charge is 2.02. The van der Waals surface area contributed by atoms with Gasteiger partial charge in [0.15, 0.2) is 0 Å². The molecule has 0 spiro atoms. The highest BCUT2D eigenvalue weighted by atomic mass is 16.3. The lowest BCUT2D eigenvalue weighted by Gasteiger charge is -2.13. The maximum atomic E-state index is 10.1. The Morgan fingerprint density at radius 2 is 0.618 bits per heavy atom. The molecule has 0 aliphatic carbocycles. The fourth-order valence-corrected chi connectivity index (χ4v) is 4.79. The highest BCUT2D eigenvalue weighted by Crippen LogP contribution is 2.12. The highest BCUT2D eigenvalue weighted by molar-refractivity contribution is 4.63. The quantitative estimate of drug-likeness (QED) is 0.0895. The average Bonchev–Trinajstić information content (AvgIpc) is 2.84. The summed E-state index contributed by atoms with van der Waals surface area (Å²) in [5.74, 6) is 0. The lowest BCUT2D eigenvalue weighted by atomic mass is 10.1. The fraction of sp³-hybridized carbons (Fsp3) is 1.00. The van der Waals surface area contributed by atoms with Crippen LogP contribution in [0.15, 0.2) is 0 Å². The van der Waals surface area contributed by atoms with Crippen molar-refractivity contribution in [3.05, 3.63) is 0 Å². The summed E-state index contributed by atoms with van der Waals surface area (Å²) in [6.07, 6.45) is 33.2. The third-order valence-electron chi connectivity index (χ3n) is 7.17. The summed E-state index contributed by atoms with van der Waals surface area (Å²) in [5, 5.41) is 17.0. The molecule has 3 heteroatoms. The van der Waals surface area contributed by atoms with Crippen molar-refractivity contribution in [2.45, 2.75) is 174 Å². The first-order chi connectivity index (χ1) is 16.8. The van der Waals surface area contributed by atoms with Crippen molar-refractivity contribution in [2.24, 2.45) is 0 Å². The van der Waals surface area contributed by atoms with Crippen molar-refractivity contribution in [2.75, 3.05) is 26.2 Å². The molecule has 0 saturated heterocycles. The van der Waals surface area contributed by atoms with Crippen molar-refractivity contribution in [3.63, 3.8) is 0 Å². The van der Waals surface area contributed by atoms with Gasteiger partial charge in [-0.2, -0.15) is 0 Å². The lowest BCUT2D eigenvalue weighted by Crippen LogP contribution is -2.36.